The zero-order valence-corrected chi connectivity index (χ0v) is 26.1. The molecular formula is C30H52N6O6. The van der Waals surface area contributed by atoms with Crippen LogP contribution in [0.15, 0.2) is 24.3 Å². The second-order valence-corrected chi connectivity index (χ2v) is 11.5. The first kappa shape index (κ1) is 36.8. The minimum absolute atomic E-state index is 0.192. The molecule has 0 saturated carbocycles. The van der Waals surface area contributed by atoms with E-state index >= 15 is 0 Å². The van der Waals surface area contributed by atoms with E-state index in [1.807, 2.05) is 39.8 Å². The number of hydrogen-bond donors (Lipinski definition) is 6. The van der Waals surface area contributed by atoms with E-state index in [0.29, 0.717) is 44.3 Å². The van der Waals surface area contributed by atoms with Crippen molar-refractivity contribution in [3.05, 3.63) is 29.8 Å². The van der Waals surface area contributed by atoms with Crippen LogP contribution in [0.25, 0.3) is 0 Å². The molecule has 0 bridgehead atoms. The number of anilines is 1. The monoisotopic (exact) mass is 592 g/mol. The van der Waals surface area contributed by atoms with Crippen molar-refractivity contribution in [2.45, 2.75) is 98.4 Å². The highest BCUT2D eigenvalue weighted by atomic mass is 16.6. The first-order valence-electron chi connectivity index (χ1n) is 14.9. The van der Waals surface area contributed by atoms with Gasteiger partial charge in [0.05, 0.1) is 6.61 Å². The number of amides is 5. The molecule has 5 amide bonds. The molecule has 12 heteroatoms. The molecule has 1 aromatic carbocycles. The molecule has 0 heterocycles. The summed E-state index contributed by atoms with van der Waals surface area (Å²) in [4.78, 5) is 55.5. The Bertz CT molecular complexity index is 954. The van der Waals surface area contributed by atoms with Gasteiger partial charge in [0.1, 0.15) is 12.1 Å². The third-order valence-corrected chi connectivity index (χ3v) is 6.04. The fourth-order valence-electron chi connectivity index (χ4n) is 3.84. The van der Waals surface area contributed by atoms with Gasteiger partial charge in [0.15, 0.2) is 0 Å². The second-order valence-electron chi connectivity index (χ2n) is 11.5. The van der Waals surface area contributed by atoms with E-state index in [9.17, 15) is 19.2 Å². The summed E-state index contributed by atoms with van der Waals surface area (Å²) in [5.41, 5.74) is 9.49. The number of primary amides is 1. The standard InChI is InChI=1S/C30H52N6O6/c1-20(2)18-41-17-8-7-11-26(37)35-27(21(3)4)29(39)34-25(10-9-16-32-30(31)40)28(38)33-24-14-12-23(13-15-24)19-42-36-22(5)6/h12-15,20-22,25,27,36H,7-11,16-19H2,1-6H3,(H,33,38)(H,34,39)(H,35,37)(H3,31,32,40)/t25-,27-/m1/s1. The van der Waals surface area contributed by atoms with Gasteiger partial charge in [-0.2, -0.15) is 5.48 Å². The highest BCUT2D eigenvalue weighted by molar-refractivity contribution is 5.98. The highest BCUT2D eigenvalue weighted by Gasteiger charge is 2.28. The average molecular weight is 593 g/mol. The van der Waals surface area contributed by atoms with Gasteiger partial charge in [0, 0.05) is 37.9 Å². The zero-order valence-electron chi connectivity index (χ0n) is 26.1. The number of carbonyl (C=O) groups excluding carboxylic acids is 4. The van der Waals surface area contributed by atoms with E-state index < -0.39 is 29.9 Å². The first-order valence-corrected chi connectivity index (χ1v) is 14.9. The molecule has 1 aromatic rings. The summed E-state index contributed by atoms with van der Waals surface area (Å²) in [6, 6.07) is 4.99. The summed E-state index contributed by atoms with van der Waals surface area (Å²) in [7, 11) is 0. The molecule has 0 unspecified atom stereocenters. The molecule has 0 aliphatic heterocycles. The number of rotatable bonds is 21. The number of nitrogens with two attached hydrogens (primary N) is 1. The Labute approximate surface area is 250 Å². The van der Waals surface area contributed by atoms with E-state index in [4.69, 9.17) is 15.3 Å². The predicted molar refractivity (Wildman–Crippen MR) is 163 cm³/mol. The normalized spacial score (nSPS) is 12.7. The molecule has 2 atom stereocenters. The number of nitrogens with one attached hydrogen (secondary N) is 5. The van der Waals surface area contributed by atoms with Crippen molar-refractivity contribution in [3.8, 4) is 0 Å². The van der Waals surface area contributed by atoms with Crippen LogP contribution < -0.4 is 32.5 Å². The summed E-state index contributed by atoms with van der Waals surface area (Å²) in [5, 5.41) is 10.9. The number of hydroxylamine groups is 1. The molecule has 42 heavy (non-hydrogen) atoms. The van der Waals surface area contributed by atoms with Crippen molar-refractivity contribution in [1.29, 1.82) is 0 Å². The van der Waals surface area contributed by atoms with Gasteiger partial charge in [0.25, 0.3) is 0 Å². The van der Waals surface area contributed by atoms with Crippen molar-refractivity contribution in [1.82, 2.24) is 21.4 Å². The number of ether oxygens (including phenoxy) is 1. The summed E-state index contributed by atoms with van der Waals surface area (Å²) in [5.74, 6) is -0.841. The van der Waals surface area contributed by atoms with Crippen LogP contribution in [-0.2, 0) is 30.6 Å². The van der Waals surface area contributed by atoms with Crippen molar-refractivity contribution in [3.63, 3.8) is 0 Å². The molecular weight excluding hydrogens is 540 g/mol. The van der Waals surface area contributed by atoms with Crippen molar-refractivity contribution < 1.29 is 28.8 Å². The lowest BCUT2D eigenvalue weighted by molar-refractivity contribution is -0.132. The Morgan fingerprint density at radius 3 is 2.17 bits per heavy atom. The van der Waals surface area contributed by atoms with Gasteiger partial charge in [-0.3, -0.25) is 19.2 Å². The van der Waals surface area contributed by atoms with E-state index in [-0.39, 0.29) is 37.3 Å². The maximum Gasteiger partial charge on any atom is 0.312 e. The lowest BCUT2D eigenvalue weighted by atomic mass is 10.0. The van der Waals surface area contributed by atoms with E-state index in [1.54, 1.807) is 12.1 Å². The summed E-state index contributed by atoms with van der Waals surface area (Å²) >= 11 is 0. The Morgan fingerprint density at radius 1 is 0.881 bits per heavy atom. The lowest BCUT2D eigenvalue weighted by Crippen LogP contribution is -2.54. The largest absolute Gasteiger partial charge is 0.381 e. The van der Waals surface area contributed by atoms with Crippen LogP contribution >= 0.6 is 0 Å². The Hall–Kier alpha value is -3.22. The minimum Gasteiger partial charge on any atom is -0.381 e. The Balaban J connectivity index is 2.77. The minimum atomic E-state index is -0.901. The number of hydrogen-bond acceptors (Lipinski definition) is 7. The maximum absolute atomic E-state index is 13.3. The van der Waals surface area contributed by atoms with Gasteiger partial charge in [0.2, 0.25) is 17.7 Å². The molecule has 0 aromatic heterocycles. The molecule has 1 rings (SSSR count). The van der Waals surface area contributed by atoms with Crippen molar-refractivity contribution in [2.24, 2.45) is 17.6 Å². The van der Waals surface area contributed by atoms with Crippen LogP contribution in [0.5, 0.6) is 0 Å². The fraction of sp³-hybridized carbons (Fsp3) is 0.667. The van der Waals surface area contributed by atoms with E-state index in [0.717, 1.165) is 12.0 Å². The van der Waals surface area contributed by atoms with Gasteiger partial charge in [-0.05, 0) is 69.1 Å². The predicted octanol–water partition coefficient (Wildman–Crippen LogP) is 2.97. The molecule has 12 nitrogen and oxygen atoms in total. The van der Waals surface area contributed by atoms with Crippen LogP contribution in [0, 0.1) is 11.8 Å². The molecule has 0 saturated heterocycles. The Kier molecular flexibility index (Phi) is 18.1. The third kappa shape index (κ3) is 16.9. The van der Waals surface area contributed by atoms with Crippen LogP contribution in [0.3, 0.4) is 0 Å². The number of urea groups is 1. The van der Waals surface area contributed by atoms with E-state index in [2.05, 4.69) is 40.6 Å². The van der Waals surface area contributed by atoms with Gasteiger partial charge >= 0.3 is 6.03 Å². The topological polar surface area (TPSA) is 173 Å². The van der Waals surface area contributed by atoms with Gasteiger partial charge in [-0.1, -0.05) is 39.8 Å². The van der Waals surface area contributed by atoms with Gasteiger partial charge < -0.3 is 31.7 Å². The zero-order chi connectivity index (χ0) is 31.5. The highest BCUT2D eigenvalue weighted by Crippen LogP contribution is 2.13. The quantitative estimate of drug-likeness (QED) is 0.0940. The van der Waals surface area contributed by atoms with Crippen LogP contribution in [-0.4, -0.2) is 61.6 Å². The van der Waals surface area contributed by atoms with E-state index in [1.165, 1.54) is 0 Å². The molecule has 0 spiro atoms. The summed E-state index contributed by atoms with van der Waals surface area (Å²) in [6.45, 7) is 13.7. The average Bonchev–Trinajstić information content (AvgIpc) is 2.91. The molecule has 0 fully saturated rings. The first-order chi connectivity index (χ1) is 19.9. The molecule has 0 aliphatic rings. The SMILES string of the molecule is CC(C)COCCCCC(=O)N[C@@H](C(=O)N[C@H](CCCNC(N)=O)C(=O)Nc1ccc(CONC(C)C)cc1)C(C)C. The molecule has 0 aliphatic carbocycles. The fourth-order valence-corrected chi connectivity index (χ4v) is 3.84. The van der Waals surface area contributed by atoms with Crippen LogP contribution in [0.1, 0.15) is 79.2 Å². The Morgan fingerprint density at radius 2 is 1.57 bits per heavy atom. The summed E-state index contributed by atoms with van der Waals surface area (Å²) in [6.07, 6.45) is 2.33. The van der Waals surface area contributed by atoms with Crippen molar-refractivity contribution >= 4 is 29.4 Å². The maximum atomic E-state index is 13.3. The van der Waals surface area contributed by atoms with Gasteiger partial charge in [-0.25, -0.2) is 4.79 Å². The second kappa shape index (κ2) is 20.6. The number of benzene rings is 1. The number of unbranched alkanes of at least 4 members (excludes halogenated alkanes) is 1. The summed E-state index contributed by atoms with van der Waals surface area (Å²) < 4.78 is 5.55. The number of carbonyl (C=O) groups is 4. The molecule has 0 radical (unpaired) electrons. The van der Waals surface area contributed by atoms with Crippen LogP contribution in [0.2, 0.25) is 0 Å². The smallest absolute Gasteiger partial charge is 0.312 e. The molecule has 7 N–H and O–H groups in total. The lowest BCUT2D eigenvalue weighted by Gasteiger charge is -2.25. The van der Waals surface area contributed by atoms with Crippen molar-refractivity contribution in [2.75, 3.05) is 25.1 Å². The third-order valence-electron chi connectivity index (χ3n) is 6.04. The van der Waals surface area contributed by atoms with Gasteiger partial charge in [-0.15, -0.1) is 0 Å². The van der Waals surface area contributed by atoms with Crippen LogP contribution in [0.4, 0.5) is 10.5 Å². The molecule has 238 valence electrons.